The van der Waals surface area contributed by atoms with Gasteiger partial charge in [-0.1, -0.05) is 6.92 Å². The second-order valence-electron chi connectivity index (χ2n) is 3.83. The Kier molecular flexibility index (Phi) is 3.34. The molecule has 1 fully saturated rings. The Hall–Kier alpha value is -0.0800. The predicted octanol–water partition coefficient (Wildman–Crippen LogP) is 1.10. The van der Waals surface area contributed by atoms with Crippen molar-refractivity contribution in [1.29, 1.82) is 0 Å². The van der Waals surface area contributed by atoms with Gasteiger partial charge in [0.25, 0.3) is 0 Å². The van der Waals surface area contributed by atoms with E-state index in [1.54, 1.807) is 0 Å². The van der Waals surface area contributed by atoms with Crippen molar-refractivity contribution < 1.29 is 5.11 Å². The fourth-order valence-corrected chi connectivity index (χ4v) is 1.60. The van der Waals surface area contributed by atoms with Gasteiger partial charge in [-0.2, -0.15) is 0 Å². The van der Waals surface area contributed by atoms with Crippen LogP contribution >= 0.6 is 0 Å². The zero-order chi connectivity index (χ0) is 8.27. The number of hydrogen-bond donors (Lipinski definition) is 1. The molecule has 2 heteroatoms. The average Bonchev–Trinajstić information content (AvgIpc) is 2.31. The highest BCUT2D eigenvalue weighted by Gasteiger charge is 2.17. The summed E-state index contributed by atoms with van der Waals surface area (Å²) in [4.78, 5) is 2.44. The summed E-state index contributed by atoms with van der Waals surface area (Å²) in [6.45, 7) is 7.69. The second kappa shape index (κ2) is 4.07. The molecule has 11 heavy (non-hydrogen) atoms. The van der Waals surface area contributed by atoms with Crippen LogP contribution in [0.1, 0.15) is 26.7 Å². The summed E-state index contributed by atoms with van der Waals surface area (Å²) >= 11 is 0. The van der Waals surface area contributed by atoms with Crippen LogP contribution in [0, 0.1) is 5.92 Å². The van der Waals surface area contributed by atoms with Crippen molar-refractivity contribution in [3.8, 4) is 0 Å². The van der Waals surface area contributed by atoms with E-state index in [-0.39, 0.29) is 6.10 Å². The number of hydrogen-bond acceptors (Lipinski definition) is 2. The quantitative estimate of drug-likeness (QED) is 0.663. The van der Waals surface area contributed by atoms with Crippen LogP contribution in [0.15, 0.2) is 0 Å². The van der Waals surface area contributed by atoms with Crippen molar-refractivity contribution in [2.24, 2.45) is 5.92 Å². The van der Waals surface area contributed by atoms with Gasteiger partial charge in [-0.25, -0.2) is 0 Å². The van der Waals surface area contributed by atoms with Crippen molar-refractivity contribution in [3.63, 3.8) is 0 Å². The summed E-state index contributed by atoms with van der Waals surface area (Å²) < 4.78 is 0. The topological polar surface area (TPSA) is 23.5 Å². The molecular weight excluding hydrogens is 138 g/mol. The Morgan fingerprint density at radius 3 is 2.82 bits per heavy atom. The molecule has 2 nitrogen and oxygen atoms in total. The molecule has 0 aromatic carbocycles. The van der Waals surface area contributed by atoms with E-state index in [0.717, 1.165) is 18.9 Å². The normalized spacial score (nSPS) is 29.2. The van der Waals surface area contributed by atoms with Crippen LogP contribution in [-0.2, 0) is 0 Å². The minimum absolute atomic E-state index is 0.133. The van der Waals surface area contributed by atoms with Gasteiger partial charge in [0.15, 0.2) is 0 Å². The van der Waals surface area contributed by atoms with E-state index in [2.05, 4.69) is 11.8 Å². The lowest BCUT2D eigenvalue weighted by atomic mass is 10.2. The van der Waals surface area contributed by atoms with Gasteiger partial charge in [0.05, 0.1) is 6.10 Å². The SMILES string of the molecule is CC(O)CCN1CC[C@H](C)C1. The molecule has 0 amide bonds. The first-order valence-corrected chi connectivity index (χ1v) is 4.59. The van der Waals surface area contributed by atoms with E-state index >= 15 is 0 Å². The Morgan fingerprint density at radius 1 is 1.64 bits per heavy atom. The van der Waals surface area contributed by atoms with E-state index in [1.165, 1.54) is 19.5 Å². The van der Waals surface area contributed by atoms with Crippen LogP contribution in [0.4, 0.5) is 0 Å². The highest BCUT2D eigenvalue weighted by Crippen LogP contribution is 2.14. The summed E-state index contributed by atoms with van der Waals surface area (Å²) in [7, 11) is 0. The monoisotopic (exact) mass is 157 g/mol. The lowest BCUT2D eigenvalue weighted by Gasteiger charge is -2.15. The number of rotatable bonds is 3. The zero-order valence-electron chi connectivity index (χ0n) is 7.58. The van der Waals surface area contributed by atoms with Crippen molar-refractivity contribution in [3.05, 3.63) is 0 Å². The molecule has 66 valence electrons. The Labute approximate surface area is 69.2 Å². The van der Waals surface area contributed by atoms with Gasteiger partial charge < -0.3 is 10.0 Å². The van der Waals surface area contributed by atoms with Crippen LogP contribution in [0.3, 0.4) is 0 Å². The molecule has 1 aliphatic heterocycles. The Balaban J connectivity index is 2.08. The Bertz CT molecular complexity index is 114. The van der Waals surface area contributed by atoms with Gasteiger partial charge in [-0.05, 0) is 32.2 Å². The molecular formula is C9H19NO. The third kappa shape index (κ3) is 3.21. The smallest absolute Gasteiger partial charge is 0.0524 e. The van der Waals surface area contributed by atoms with Gasteiger partial charge in [-0.3, -0.25) is 0 Å². The van der Waals surface area contributed by atoms with Gasteiger partial charge in [0.1, 0.15) is 0 Å². The van der Waals surface area contributed by atoms with Crippen LogP contribution in [-0.4, -0.2) is 35.7 Å². The molecule has 1 aliphatic rings. The Morgan fingerprint density at radius 2 is 2.36 bits per heavy atom. The molecule has 0 aliphatic carbocycles. The number of likely N-dealkylation sites (tertiary alicyclic amines) is 1. The summed E-state index contributed by atoms with van der Waals surface area (Å²) in [5, 5.41) is 9.05. The minimum Gasteiger partial charge on any atom is -0.393 e. The molecule has 1 N–H and O–H groups in total. The fraction of sp³-hybridized carbons (Fsp3) is 1.00. The molecule has 0 spiro atoms. The van der Waals surface area contributed by atoms with Crippen LogP contribution < -0.4 is 0 Å². The first-order valence-electron chi connectivity index (χ1n) is 4.59. The average molecular weight is 157 g/mol. The largest absolute Gasteiger partial charge is 0.393 e. The van der Waals surface area contributed by atoms with Crippen LogP contribution in [0.25, 0.3) is 0 Å². The number of aliphatic hydroxyl groups excluding tert-OH is 1. The standard InChI is InChI=1S/C9H19NO/c1-8-3-5-10(7-8)6-4-9(2)11/h8-9,11H,3-7H2,1-2H3/t8-,9?/m0/s1. The van der Waals surface area contributed by atoms with E-state index in [0.29, 0.717) is 0 Å². The lowest BCUT2D eigenvalue weighted by Crippen LogP contribution is -2.24. The van der Waals surface area contributed by atoms with E-state index in [4.69, 9.17) is 5.11 Å². The number of nitrogens with zero attached hydrogens (tertiary/aromatic N) is 1. The molecule has 0 bridgehead atoms. The third-order valence-corrected chi connectivity index (χ3v) is 2.37. The second-order valence-corrected chi connectivity index (χ2v) is 3.83. The van der Waals surface area contributed by atoms with Crippen LogP contribution in [0.5, 0.6) is 0 Å². The lowest BCUT2D eigenvalue weighted by molar-refractivity contribution is 0.163. The molecule has 1 unspecified atom stereocenters. The molecule has 1 saturated heterocycles. The molecule has 1 heterocycles. The fourth-order valence-electron chi connectivity index (χ4n) is 1.60. The molecule has 1 rings (SSSR count). The summed E-state index contributed by atoms with van der Waals surface area (Å²) in [5.41, 5.74) is 0. The maximum atomic E-state index is 9.05. The van der Waals surface area contributed by atoms with E-state index < -0.39 is 0 Å². The molecule has 0 aromatic heterocycles. The van der Waals surface area contributed by atoms with Gasteiger partial charge in [0, 0.05) is 13.1 Å². The predicted molar refractivity (Wildman–Crippen MR) is 46.5 cm³/mol. The van der Waals surface area contributed by atoms with Crippen molar-refractivity contribution in [1.82, 2.24) is 4.90 Å². The van der Waals surface area contributed by atoms with E-state index in [9.17, 15) is 0 Å². The number of aliphatic hydroxyl groups is 1. The van der Waals surface area contributed by atoms with Crippen molar-refractivity contribution in [2.75, 3.05) is 19.6 Å². The zero-order valence-corrected chi connectivity index (χ0v) is 7.58. The molecule has 0 saturated carbocycles. The summed E-state index contributed by atoms with van der Waals surface area (Å²) in [5.74, 6) is 0.865. The maximum Gasteiger partial charge on any atom is 0.0524 e. The minimum atomic E-state index is -0.133. The van der Waals surface area contributed by atoms with Crippen molar-refractivity contribution in [2.45, 2.75) is 32.8 Å². The molecule has 2 atom stereocenters. The van der Waals surface area contributed by atoms with E-state index in [1.807, 2.05) is 6.92 Å². The molecule has 0 aromatic rings. The highest BCUT2D eigenvalue weighted by molar-refractivity contribution is 4.72. The first kappa shape index (κ1) is 9.01. The van der Waals surface area contributed by atoms with Crippen molar-refractivity contribution >= 4 is 0 Å². The van der Waals surface area contributed by atoms with Gasteiger partial charge in [0.2, 0.25) is 0 Å². The highest BCUT2D eigenvalue weighted by atomic mass is 16.3. The maximum absolute atomic E-state index is 9.05. The summed E-state index contributed by atoms with van der Waals surface area (Å²) in [6.07, 6.45) is 2.12. The van der Waals surface area contributed by atoms with Crippen LogP contribution in [0.2, 0.25) is 0 Å². The third-order valence-electron chi connectivity index (χ3n) is 2.37. The first-order chi connectivity index (χ1) is 5.18. The molecule has 0 radical (unpaired) electrons. The van der Waals surface area contributed by atoms with Gasteiger partial charge >= 0.3 is 0 Å². The van der Waals surface area contributed by atoms with Gasteiger partial charge in [-0.15, -0.1) is 0 Å². The summed E-state index contributed by atoms with van der Waals surface area (Å²) in [6, 6.07) is 0.